The molecule has 1 saturated heterocycles. The minimum atomic E-state index is -1.16. The van der Waals surface area contributed by atoms with Gasteiger partial charge in [-0.1, -0.05) is 76.1 Å². The van der Waals surface area contributed by atoms with E-state index in [1.54, 1.807) is 20.3 Å². The van der Waals surface area contributed by atoms with Crippen molar-refractivity contribution in [2.24, 2.45) is 23.0 Å². The highest BCUT2D eigenvalue weighted by molar-refractivity contribution is 6.00. The third-order valence-corrected chi connectivity index (χ3v) is 10.7. The number of rotatable bonds is 8. The molecule has 2 amide bonds. The third kappa shape index (κ3) is 6.32. The van der Waals surface area contributed by atoms with Crippen molar-refractivity contribution in [3.8, 4) is 11.1 Å². The van der Waals surface area contributed by atoms with Gasteiger partial charge in [-0.3, -0.25) is 14.4 Å². The fourth-order valence-corrected chi connectivity index (χ4v) is 8.20. The van der Waals surface area contributed by atoms with E-state index < -0.39 is 11.0 Å². The van der Waals surface area contributed by atoms with Crippen LogP contribution in [0.25, 0.3) is 11.1 Å². The van der Waals surface area contributed by atoms with Crippen LogP contribution in [-0.4, -0.2) is 64.1 Å². The molecule has 0 radical (unpaired) electrons. The van der Waals surface area contributed by atoms with E-state index in [0.717, 1.165) is 43.2 Å². The van der Waals surface area contributed by atoms with Crippen LogP contribution in [0.15, 0.2) is 41.3 Å². The molecule has 2 atom stereocenters. The Balaban J connectivity index is 1.43. The molecule has 1 spiro atoms. The lowest BCUT2D eigenvalue weighted by molar-refractivity contribution is -0.163. The first-order valence-electron chi connectivity index (χ1n) is 16.3. The predicted octanol–water partition coefficient (Wildman–Crippen LogP) is 4.81. The number of benzene rings is 1. The van der Waals surface area contributed by atoms with E-state index in [0.29, 0.717) is 36.6 Å². The number of aromatic nitrogens is 1. The number of aliphatic hydroxyl groups is 1. The summed E-state index contributed by atoms with van der Waals surface area (Å²) < 4.78 is 1.52. The van der Waals surface area contributed by atoms with Crippen molar-refractivity contribution < 1.29 is 14.7 Å². The molecule has 2 aromatic rings. The largest absolute Gasteiger partial charge is 0.387 e. The average molecular weight is 591 g/mol. The normalized spacial score (nSPS) is 23.0. The van der Waals surface area contributed by atoms with Crippen molar-refractivity contribution in [2.75, 3.05) is 27.2 Å². The molecule has 2 aliphatic carbocycles. The molecule has 8 heteroatoms. The highest BCUT2D eigenvalue weighted by atomic mass is 16.3. The van der Waals surface area contributed by atoms with Crippen molar-refractivity contribution in [3.63, 3.8) is 0 Å². The van der Waals surface area contributed by atoms with Gasteiger partial charge in [0.15, 0.2) is 0 Å². The summed E-state index contributed by atoms with van der Waals surface area (Å²) in [5.74, 6) is 0.614. The second kappa shape index (κ2) is 12.9. The van der Waals surface area contributed by atoms with Gasteiger partial charge < -0.3 is 25.2 Å². The Morgan fingerprint density at radius 2 is 1.74 bits per heavy atom. The van der Waals surface area contributed by atoms with Crippen LogP contribution in [0.5, 0.6) is 0 Å². The molecule has 1 unspecified atom stereocenters. The van der Waals surface area contributed by atoms with Gasteiger partial charge in [0.2, 0.25) is 5.91 Å². The van der Waals surface area contributed by atoms with Gasteiger partial charge in [0, 0.05) is 62.9 Å². The lowest BCUT2D eigenvalue weighted by Crippen LogP contribution is -2.62. The summed E-state index contributed by atoms with van der Waals surface area (Å²) in [7, 11) is 3.39. The van der Waals surface area contributed by atoms with Gasteiger partial charge >= 0.3 is 0 Å². The van der Waals surface area contributed by atoms with Gasteiger partial charge in [-0.25, -0.2) is 0 Å². The van der Waals surface area contributed by atoms with Gasteiger partial charge in [-0.15, -0.1) is 0 Å². The van der Waals surface area contributed by atoms with Crippen molar-refractivity contribution in [3.05, 3.63) is 58.0 Å². The Kier molecular flexibility index (Phi) is 9.47. The minimum Gasteiger partial charge on any atom is -0.387 e. The van der Waals surface area contributed by atoms with Gasteiger partial charge in [0.25, 0.3) is 11.5 Å². The van der Waals surface area contributed by atoms with Gasteiger partial charge in [-0.05, 0) is 42.7 Å². The number of nitrogens with two attached hydrogens (primary N) is 1. The van der Waals surface area contributed by atoms with Gasteiger partial charge in [0.05, 0.1) is 17.7 Å². The van der Waals surface area contributed by atoms with Crippen LogP contribution in [-0.2, 0) is 17.9 Å². The fourth-order valence-electron chi connectivity index (χ4n) is 8.20. The number of hydrogen-bond acceptors (Lipinski definition) is 5. The molecule has 3 fully saturated rings. The molecule has 43 heavy (non-hydrogen) atoms. The first-order chi connectivity index (χ1) is 20.6. The van der Waals surface area contributed by atoms with E-state index in [9.17, 15) is 19.5 Å². The summed E-state index contributed by atoms with van der Waals surface area (Å²) in [6.45, 7) is 3.46. The van der Waals surface area contributed by atoms with Crippen LogP contribution in [0.2, 0.25) is 0 Å². The van der Waals surface area contributed by atoms with Crippen LogP contribution < -0.4 is 11.3 Å². The Bertz CT molecular complexity index is 1370. The SMILES string of the molecule is C[C@H](CC1CCCCC1)C(=O)N1CCC(O)(Cn2cc(C(=O)N(C)C)c(-c3ccccc3CN)cc2=O)C2(CCCC2)C1. The molecular weight excluding hydrogens is 540 g/mol. The van der Waals surface area contributed by atoms with E-state index in [1.165, 1.54) is 47.6 Å². The van der Waals surface area contributed by atoms with E-state index in [2.05, 4.69) is 6.92 Å². The van der Waals surface area contributed by atoms with Gasteiger partial charge in [-0.2, -0.15) is 0 Å². The molecule has 0 bridgehead atoms. The Morgan fingerprint density at radius 1 is 1.05 bits per heavy atom. The predicted molar refractivity (Wildman–Crippen MR) is 169 cm³/mol. The molecule has 2 saturated carbocycles. The molecule has 8 nitrogen and oxygen atoms in total. The third-order valence-electron chi connectivity index (χ3n) is 10.7. The topological polar surface area (TPSA) is 109 Å². The monoisotopic (exact) mass is 590 g/mol. The Hall–Kier alpha value is -2.97. The zero-order valence-electron chi connectivity index (χ0n) is 26.3. The highest BCUT2D eigenvalue weighted by Gasteiger charge is 2.55. The van der Waals surface area contributed by atoms with E-state index in [1.807, 2.05) is 29.2 Å². The molecule has 5 rings (SSSR count). The molecule has 3 aliphatic rings. The van der Waals surface area contributed by atoms with E-state index in [-0.39, 0.29) is 36.4 Å². The molecule has 1 aromatic heterocycles. The van der Waals surface area contributed by atoms with Crippen molar-refractivity contribution in [2.45, 2.75) is 96.2 Å². The maximum absolute atomic E-state index is 13.7. The minimum absolute atomic E-state index is 0.0149. The van der Waals surface area contributed by atoms with Crippen LogP contribution in [0.4, 0.5) is 0 Å². The number of amides is 2. The first-order valence-corrected chi connectivity index (χ1v) is 16.3. The Morgan fingerprint density at radius 3 is 2.42 bits per heavy atom. The Labute approximate surface area is 256 Å². The second-order valence-corrected chi connectivity index (χ2v) is 13.8. The molecule has 1 aromatic carbocycles. The lowest BCUT2D eigenvalue weighted by atomic mass is 9.65. The summed E-state index contributed by atoms with van der Waals surface area (Å²) >= 11 is 0. The highest BCUT2D eigenvalue weighted by Crippen LogP contribution is 2.52. The number of carbonyl (C=O) groups is 2. The zero-order chi connectivity index (χ0) is 30.8. The number of nitrogens with zero attached hydrogens (tertiary/aromatic N) is 3. The fraction of sp³-hybridized carbons (Fsp3) is 0.629. The van der Waals surface area contributed by atoms with E-state index >= 15 is 0 Å². The lowest BCUT2D eigenvalue weighted by Gasteiger charge is -2.53. The quantitative estimate of drug-likeness (QED) is 0.459. The summed E-state index contributed by atoms with van der Waals surface area (Å²) in [6.07, 6.45) is 12.9. The molecule has 2 heterocycles. The smallest absolute Gasteiger partial charge is 0.255 e. The van der Waals surface area contributed by atoms with Crippen LogP contribution >= 0.6 is 0 Å². The molecule has 1 aliphatic heterocycles. The van der Waals surface area contributed by atoms with Crippen molar-refractivity contribution >= 4 is 11.8 Å². The van der Waals surface area contributed by atoms with Gasteiger partial charge in [0.1, 0.15) is 0 Å². The summed E-state index contributed by atoms with van der Waals surface area (Å²) in [5.41, 5.74) is 6.68. The number of likely N-dealkylation sites (tertiary alicyclic amines) is 1. The van der Waals surface area contributed by atoms with Crippen molar-refractivity contribution in [1.29, 1.82) is 0 Å². The second-order valence-electron chi connectivity index (χ2n) is 13.8. The first kappa shape index (κ1) is 31.5. The summed E-state index contributed by atoms with van der Waals surface area (Å²) in [5, 5.41) is 12.4. The maximum atomic E-state index is 13.7. The summed E-state index contributed by atoms with van der Waals surface area (Å²) in [6, 6.07) is 9.08. The number of hydrogen-bond donors (Lipinski definition) is 2. The number of piperidine rings is 1. The molecule has 3 N–H and O–H groups in total. The van der Waals surface area contributed by atoms with Crippen LogP contribution in [0.3, 0.4) is 0 Å². The maximum Gasteiger partial charge on any atom is 0.255 e. The average Bonchev–Trinajstić information content (AvgIpc) is 3.49. The standard InChI is InChI=1S/C35H50N4O4/c1-25(19-26-11-5-4-6-12-26)32(41)38-18-17-35(43,34(23-38)15-9-10-16-34)24-39-22-30(33(42)37(2)3)29(20-31(39)40)28-14-8-7-13-27(28)21-36/h7-8,13-14,20,22,25-26,43H,4-6,9-12,15-19,21,23-24,36H2,1-3H3/t25-,35?/m1/s1. The summed E-state index contributed by atoms with van der Waals surface area (Å²) in [4.78, 5) is 44.3. The number of pyridine rings is 1. The molecular formula is C35H50N4O4. The van der Waals surface area contributed by atoms with E-state index in [4.69, 9.17) is 5.73 Å². The number of carbonyl (C=O) groups excluding carboxylic acids is 2. The molecule has 234 valence electrons. The van der Waals surface area contributed by atoms with Crippen LogP contribution in [0, 0.1) is 17.3 Å². The van der Waals surface area contributed by atoms with Crippen molar-refractivity contribution in [1.82, 2.24) is 14.4 Å². The zero-order valence-corrected chi connectivity index (χ0v) is 26.3. The van der Waals surface area contributed by atoms with Crippen LogP contribution in [0.1, 0.15) is 93.5 Å².